The molecule has 0 spiro atoms. The Bertz CT molecular complexity index is 454. The van der Waals surface area contributed by atoms with Crippen LogP contribution in [0.3, 0.4) is 0 Å². The molecule has 1 aromatic carbocycles. The van der Waals surface area contributed by atoms with E-state index in [4.69, 9.17) is 0 Å². The molecule has 1 saturated heterocycles. The van der Waals surface area contributed by atoms with Crippen LogP contribution in [0.25, 0.3) is 0 Å². The Morgan fingerprint density at radius 1 is 1.35 bits per heavy atom. The maximum atomic E-state index is 12.2. The van der Waals surface area contributed by atoms with Gasteiger partial charge in [-0.25, -0.2) is 0 Å². The fourth-order valence-electron chi connectivity index (χ4n) is 2.69. The standard InChI is InChI=1S/C16H24N2O2/c1-17-9-7-13(8-10-17)12-18(2)16(20)11-14-5-3-4-6-15(14)19/h3-6,13,19H,7-12H2,1-2H3. The van der Waals surface area contributed by atoms with Crippen molar-refractivity contribution in [2.45, 2.75) is 19.3 Å². The number of likely N-dealkylation sites (N-methyl/N-ethyl adjacent to an activating group) is 1. The van der Waals surface area contributed by atoms with Crippen molar-refractivity contribution in [3.63, 3.8) is 0 Å². The molecule has 1 heterocycles. The van der Waals surface area contributed by atoms with Gasteiger partial charge in [-0.2, -0.15) is 0 Å². The molecule has 1 fully saturated rings. The van der Waals surface area contributed by atoms with Gasteiger partial charge in [0.2, 0.25) is 5.91 Å². The highest BCUT2D eigenvalue weighted by atomic mass is 16.3. The van der Waals surface area contributed by atoms with E-state index in [1.54, 1.807) is 18.2 Å². The first-order valence-electron chi connectivity index (χ1n) is 7.25. The molecule has 0 saturated carbocycles. The van der Waals surface area contributed by atoms with Crippen molar-refractivity contribution >= 4 is 5.91 Å². The fraction of sp³-hybridized carbons (Fsp3) is 0.562. The first-order valence-corrected chi connectivity index (χ1v) is 7.25. The van der Waals surface area contributed by atoms with Crippen molar-refractivity contribution < 1.29 is 9.90 Å². The first-order chi connectivity index (χ1) is 9.56. The number of aromatic hydroxyl groups is 1. The van der Waals surface area contributed by atoms with Gasteiger partial charge in [-0.3, -0.25) is 4.79 Å². The maximum absolute atomic E-state index is 12.2. The van der Waals surface area contributed by atoms with Crippen LogP contribution in [-0.2, 0) is 11.2 Å². The molecule has 4 nitrogen and oxygen atoms in total. The van der Waals surface area contributed by atoms with Gasteiger partial charge in [0, 0.05) is 19.2 Å². The van der Waals surface area contributed by atoms with E-state index in [0.717, 1.165) is 32.5 Å². The summed E-state index contributed by atoms with van der Waals surface area (Å²) in [7, 11) is 4.00. The molecule has 20 heavy (non-hydrogen) atoms. The molecule has 1 amide bonds. The number of nitrogens with zero attached hydrogens (tertiary/aromatic N) is 2. The van der Waals surface area contributed by atoms with Gasteiger partial charge in [0.15, 0.2) is 0 Å². The summed E-state index contributed by atoms with van der Waals surface area (Å²) < 4.78 is 0. The third kappa shape index (κ3) is 3.97. The summed E-state index contributed by atoms with van der Waals surface area (Å²) in [6, 6.07) is 7.04. The van der Waals surface area contributed by atoms with E-state index >= 15 is 0 Å². The summed E-state index contributed by atoms with van der Waals surface area (Å²) in [5.74, 6) is 0.878. The van der Waals surface area contributed by atoms with Crippen LogP contribution in [0.4, 0.5) is 0 Å². The largest absolute Gasteiger partial charge is 0.508 e. The monoisotopic (exact) mass is 276 g/mol. The van der Waals surface area contributed by atoms with Gasteiger partial charge in [0.1, 0.15) is 5.75 Å². The van der Waals surface area contributed by atoms with E-state index in [1.807, 2.05) is 18.0 Å². The van der Waals surface area contributed by atoms with Crippen LogP contribution in [0.1, 0.15) is 18.4 Å². The molecular formula is C16H24N2O2. The van der Waals surface area contributed by atoms with Gasteiger partial charge in [0.05, 0.1) is 6.42 Å². The lowest BCUT2D eigenvalue weighted by Gasteiger charge is -2.31. The number of carbonyl (C=O) groups is 1. The minimum Gasteiger partial charge on any atom is -0.508 e. The molecule has 1 aromatic rings. The van der Waals surface area contributed by atoms with Crippen molar-refractivity contribution in [1.29, 1.82) is 0 Å². The number of benzene rings is 1. The third-order valence-corrected chi connectivity index (χ3v) is 4.13. The number of piperidine rings is 1. The molecule has 1 aliphatic heterocycles. The Morgan fingerprint density at radius 3 is 2.65 bits per heavy atom. The first kappa shape index (κ1) is 14.9. The number of phenolic OH excluding ortho intramolecular Hbond substituents is 1. The molecule has 1 N–H and O–H groups in total. The average molecular weight is 276 g/mol. The van der Waals surface area contributed by atoms with Crippen molar-refractivity contribution in [2.24, 2.45) is 5.92 Å². The van der Waals surface area contributed by atoms with Crippen LogP contribution in [-0.4, -0.2) is 54.5 Å². The van der Waals surface area contributed by atoms with Crippen LogP contribution in [0.2, 0.25) is 0 Å². The second kappa shape index (κ2) is 6.75. The Hall–Kier alpha value is -1.55. The van der Waals surface area contributed by atoms with Crippen molar-refractivity contribution in [2.75, 3.05) is 33.7 Å². The zero-order chi connectivity index (χ0) is 14.5. The molecule has 4 heteroatoms. The molecule has 0 aromatic heterocycles. The van der Waals surface area contributed by atoms with E-state index in [-0.39, 0.29) is 18.1 Å². The van der Waals surface area contributed by atoms with Crippen molar-refractivity contribution in [3.8, 4) is 5.75 Å². The Kier molecular flexibility index (Phi) is 5.01. The minimum atomic E-state index is 0.0745. The predicted octanol–water partition coefficient (Wildman–Crippen LogP) is 1.73. The van der Waals surface area contributed by atoms with Gasteiger partial charge >= 0.3 is 0 Å². The molecule has 0 bridgehead atoms. The number of hydrogen-bond donors (Lipinski definition) is 1. The fourth-order valence-corrected chi connectivity index (χ4v) is 2.69. The Balaban J connectivity index is 1.84. The molecule has 1 aliphatic rings. The average Bonchev–Trinajstić information content (AvgIpc) is 2.44. The quantitative estimate of drug-likeness (QED) is 0.911. The summed E-state index contributed by atoms with van der Waals surface area (Å²) in [6.07, 6.45) is 2.59. The summed E-state index contributed by atoms with van der Waals surface area (Å²) in [6.45, 7) is 3.05. The number of likely N-dealkylation sites (tertiary alicyclic amines) is 1. The summed E-state index contributed by atoms with van der Waals surface area (Å²) >= 11 is 0. The Labute approximate surface area is 121 Å². The van der Waals surface area contributed by atoms with Gasteiger partial charge < -0.3 is 14.9 Å². The Morgan fingerprint density at radius 2 is 2.00 bits per heavy atom. The molecule has 0 atom stereocenters. The zero-order valence-corrected chi connectivity index (χ0v) is 12.4. The highest BCUT2D eigenvalue weighted by molar-refractivity contribution is 5.79. The van der Waals surface area contributed by atoms with Crippen molar-refractivity contribution in [1.82, 2.24) is 9.80 Å². The SMILES string of the molecule is CN1CCC(CN(C)C(=O)Cc2ccccc2O)CC1. The normalized spacial score (nSPS) is 17.1. The highest BCUT2D eigenvalue weighted by Gasteiger charge is 2.20. The van der Waals surface area contributed by atoms with E-state index in [1.165, 1.54) is 0 Å². The van der Waals surface area contributed by atoms with Gasteiger partial charge in [0.25, 0.3) is 0 Å². The third-order valence-electron chi connectivity index (χ3n) is 4.13. The van der Waals surface area contributed by atoms with Crippen LogP contribution in [0, 0.1) is 5.92 Å². The molecule has 110 valence electrons. The zero-order valence-electron chi connectivity index (χ0n) is 12.4. The lowest BCUT2D eigenvalue weighted by atomic mass is 9.96. The van der Waals surface area contributed by atoms with Crippen LogP contribution >= 0.6 is 0 Å². The van der Waals surface area contributed by atoms with Crippen molar-refractivity contribution in [3.05, 3.63) is 29.8 Å². The van der Waals surface area contributed by atoms with Crippen LogP contribution in [0.5, 0.6) is 5.75 Å². The van der Waals surface area contributed by atoms with E-state index in [0.29, 0.717) is 11.5 Å². The summed E-state index contributed by atoms with van der Waals surface area (Å²) in [5, 5.41) is 9.72. The summed E-state index contributed by atoms with van der Waals surface area (Å²) in [5.41, 5.74) is 0.702. The topological polar surface area (TPSA) is 43.8 Å². The predicted molar refractivity (Wildman–Crippen MR) is 79.7 cm³/mol. The van der Waals surface area contributed by atoms with Gasteiger partial charge in [-0.15, -0.1) is 0 Å². The van der Waals surface area contributed by atoms with Crippen LogP contribution in [0.15, 0.2) is 24.3 Å². The second-order valence-corrected chi connectivity index (χ2v) is 5.83. The lowest BCUT2D eigenvalue weighted by Crippen LogP contribution is -2.38. The molecule has 0 radical (unpaired) electrons. The van der Waals surface area contributed by atoms with Gasteiger partial charge in [-0.1, -0.05) is 18.2 Å². The number of carbonyl (C=O) groups excluding carboxylic acids is 1. The number of phenols is 1. The molecule has 2 rings (SSSR count). The highest BCUT2D eigenvalue weighted by Crippen LogP contribution is 2.19. The smallest absolute Gasteiger partial charge is 0.226 e. The minimum absolute atomic E-state index is 0.0745. The molecule has 0 unspecified atom stereocenters. The van der Waals surface area contributed by atoms with E-state index < -0.39 is 0 Å². The van der Waals surface area contributed by atoms with E-state index in [9.17, 15) is 9.90 Å². The number of para-hydroxylation sites is 1. The van der Waals surface area contributed by atoms with Crippen LogP contribution < -0.4 is 0 Å². The number of hydrogen-bond acceptors (Lipinski definition) is 3. The summed E-state index contributed by atoms with van der Waals surface area (Å²) in [4.78, 5) is 16.3. The number of amides is 1. The maximum Gasteiger partial charge on any atom is 0.226 e. The van der Waals surface area contributed by atoms with Gasteiger partial charge in [-0.05, 0) is 45.0 Å². The van der Waals surface area contributed by atoms with E-state index in [2.05, 4.69) is 11.9 Å². The molecular weight excluding hydrogens is 252 g/mol. The second-order valence-electron chi connectivity index (χ2n) is 5.83. The molecule has 0 aliphatic carbocycles. The number of rotatable bonds is 4. The lowest BCUT2D eigenvalue weighted by molar-refractivity contribution is -0.130.